The largest absolute Gasteiger partial charge is 0.497 e. The Bertz CT molecular complexity index is 898. The number of fused-ring (bicyclic) bond motifs is 1. The maximum absolute atomic E-state index is 13.3. The molecule has 1 aromatic carbocycles. The molecule has 3 heterocycles. The first-order chi connectivity index (χ1) is 12.2. The van der Waals surface area contributed by atoms with Gasteiger partial charge >= 0.3 is 0 Å². The number of nitrogens with zero attached hydrogens (tertiary/aromatic N) is 3. The molecule has 1 amide bonds. The minimum absolute atomic E-state index is 0.0270. The topological polar surface area (TPSA) is 60.5 Å². The van der Waals surface area contributed by atoms with E-state index >= 15 is 0 Å². The van der Waals surface area contributed by atoms with Gasteiger partial charge in [0.1, 0.15) is 17.1 Å². The van der Waals surface area contributed by atoms with Crippen molar-refractivity contribution >= 4 is 16.9 Å². The van der Waals surface area contributed by atoms with Crippen molar-refractivity contribution in [2.75, 3.05) is 13.7 Å². The van der Waals surface area contributed by atoms with Crippen molar-refractivity contribution < 1.29 is 13.9 Å². The van der Waals surface area contributed by atoms with Crippen molar-refractivity contribution in [2.45, 2.75) is 32.4 Å². The Morgan fingerprint density at radius 1 is 1.44 bits per heavy atom. The molecule has 3 aromatic rings. The highest BCUT2D eigenvalue weighted by Gasteiger charge is 2.32. The van der Waals surface area contributed by atoms with E-state index in [1.807, 2.05) is 47.0 Å². The van der Waals surface area contributed by atoms with E-state index < -0.39 is 0 Å². The first-order valence-electron chi connectivity index (χ1n) is 8.53. The second-order valence-electron chi connectivity index (χ2n) is 6.42. The van der Waals surface area contributed by atoms with Gasteiger partial charge in [-0.15, -0.1) is 0 Å². The minimum Gasteiger partial charge on any atom is -0.497 e. The number of aromatic nitrogens is 2. The highest BCUT2D eigenvalue weighted by Crippen LogP contribution is 2.32. The van der Waals surface area contributed by atoms with E-state index in [0.29, 0.717) is 16.9 Å². The normalized spacial score (nSPS) is 17.4. The van der Waals surface area contributed by atoms with E-state index in [0.717, 1.165) is 37.1 Å². The summed E-state index contributed by atoms with van der Waals surface area (Å²) in [6.07, 6.45) is 5.70. The van der Waals surface area contributed by atoms with Crippen LogP contribution in [-0.4, -0.2) is 40.3 Å². The van der Waals surface area contributed by atoms with Crippen LogP contribution < -0.4 is 4.74 Å². The Morgan fingerprint density at radius 2 is 2.32 bits per heavy atom. The highest BCUT2D eigenvalue weighted by atomic mass is 16.5. The van der Waals surface area contributed by atoms with Crippen molar-refractivity contribution in [2.24, 2.45) is 0 Å². The Kier molecular flexibility index (Phi) is 3.95. The van der Waals surface area contributed by atoms with Crippen LogP contribution in [-0.2, 0) is 6.54 Å². The van der Waals surface area contributed by atoms with Crippen LogP contribution in [0, 0.1) is 6.92 Å². The predicted molar refractivity (Wildman–Crippen MR) is 93.8 cm³/mol. The SMILES string of the molecule is COc1ccc2oc(C)c(C(=O)N3CCCC3Cn3cccn3)c2c1. The molecule has 0 radical (unpaired) electrons. The van der Waals surface area contributed by atoms with Crippen LogP contribution in [0.4, 0.5) is 0 Å². The van der Waals surface area contributed by atoms with Crippen LogP contribution in [0.5, 0.6) is 5.75 Å². The lowest BCUT2D eigenvalue weighted by Gasteiger charge is -2.24. The molecule has 1 saturated heterocycles. The molecule has 6 nitrogen and oxygen atoms in total. The average Bonchev–Trinajstić information content (AvgIpc) is 3.33. The molecule has 2 aromatic heterocycles. The van der Waals surface area contributed by atoms with Crippen LogP contribution in [0.3, 0.4) is 0 Å². The zero-order valence-electron chi connectivity index (χ0n) is 14.4. The summed E-state index contributed by atoms with van der Waals surface area (Å²) in [7, 11) is 1.62. The van der Waals surface area contributed by atoms with E-state index in [1.54, 1.807) is 13.3 Å². The number of furan rings is 1. The van der Waals surface area contributed by atoms with Gasteiger partial charge in [-0.05, 0) is 44.0 Å². The van der Waals surface area contributed by atoms with Gasteiger partial charge in [-0.25, -0.2) is 0 Å². The number of hydrogen-bond acceptors (Lipinski definition) is 4. The summed E-state index contributed by atoms with van der Waals surface area (Å²) in [5.41, 5.74) is 1.35. The third-order valence-electron chi connectivity index (χ3n) is 4.88. The summed E-state index contributed by atoms with van der Waals surface area (Å²) in [6, 6.07) is 7.63. The fraction of sp³-hybridized carbons (Fsp3) is 0.368. The maximum Gasteiger partial charge on any atom is 0.258 e. The second-order valence-corrected chi connectivity index (χ2v) is 6.42. The molecule has 4 rings (SSSR count). The quantitative estimate of drug-likeness (QED) is 0.732. The molecule has 25 heavy (non-hydrogen) atoms. The second kappa shape index (κ2) is 6.27. The van der Waals surface area contributed by atoms with Crippen LogP contribution in [0.2, 0.25) is 0 Å². The summed E-state index contributed by atoms with van der Waals surface area (Å²) >= 11 is 0. The lowest BCUT2D eigenvalue weighted by Crippen LogP contribution is -2.38. The van der Waals surface area contributed by atoms with Crippen molar-refractivity contribution in [3.8, 4) is 5.75 Å². The lowest BCUT2D eigenvalue weighted by atomic mass is 10.1. The molecule has 0 saturated carbocycles. The molecule has 1 aliphatic heterocycles. The number of carbonyl (C=O) groups excluding carboxylic acids is 1. The van der Waals surface area contributed by atoms with Crippen LogP contribution in [0.15, 0.2) is 41.1 Å². The van der Waals surface area contributed by atoms with Gasteiger partial charge in [0, 0.05) is 24.3 Å². The van der Waals surface area contributed by atoms with Gasteiger partial charge in [-0.1, -0.05) is 0 Å². The minimum atomic E-state index is 0.0270. The highest BCUT2D eigenvalue weighted by molar-refractivity contribution is 6.07. The molecular weight excluding hydrogens is 318 g/mol. The monoisotopic (exact) mass is 339 g/mol. The average molecular weight is 339 g/mol. The zero-order chi connectivity index (χ0) is 17.4. The zero-order valence-corrected chi connectivity index (χ0v) is 14.4. The lowest BCUT2D eigenvalue weighted by molar-refractivity contribution is 0.0721. The first-order valence-corrected chi connectivity index (χ1v) is 8.53. The van der Waals surface area contributed by atoms with Crippen molar-refractivity contribution in [1.29, 1.82) is 0 Å². The van der Waals surface area contributed by atoms with E-state index in [1.165, 1.54) is 0 Å². The van der Waals surface area contributed by atoms with Crippen molar-refractivity contribution in [1.82, 2.24) is 14.7 Å². The molecule has 0 spiro atoms. The van der Waals surface area contributed by atoms with Gasteiger partial charge < -0.3 is 14.1 Å². The Labute approximate surface area is 146 Å². The van der Waals surface area contributed by atoms with Gasteiger partial charge in [-0.3, -0.25) is 9.48 Å². The third-order valence-corrected chi connectivity index (χ3v) is 4.88. The number of carbonyl (C=O) groups is 1. The summed E-state index contributed by atoms with van der Waals surface area (Å²) in [6.45, 7) is 3.33. The molecule has 1 unspecified atom stereocenters. The molecular formula is C19H21N3O3. The molecule has 1 fully saturated rings. The van der Waals surface area contributed by atoms with E-state index in [2.05, 4.69) is 5.10 Å². The van der Waals surface area contributed by atoms with Gasteiger partial charge in [0.2, 0.25) is 0 Å². The van der Waals surface area contributed by atoms with E-state index in [-0.39, 0.29) is 11.9 Å². The van der Waals surface area contributed by atoms with E-state index in [4.69, 9.17) is 9.15 Å². The molecule has 6 heteroatoms. The van der Waals surface area contributed by atoms with Crippen molar-refractivity contribution in [3.05, 3.63) is 48.0 Å². The number of rotatable bonds is 4. The summed E-state index contributed by atoms with van der Waals surface area (Å²) in [5, 5.41) is 5.08. The maximum atomic E-state index is 13.3. The number of ether oxygens (including phenoxy) is 1. The van der Waals surface area contributed by atoms with Crippen LogP contribution in [0.1, 0.15) is 29.0 Å². The number of amides is 1. The summed E-state index contributed by atoms with van der Waals surface area (Å²) in [5.74, 6) is 1.40. The molecule has 0 N–H and O–H groups in total. The first kappa shape index (κ1) is 15.7. The molecule has 0 aliphatic carbocycles. The van der Waals surface area contributed by atoms with Gasteiger partial charge in [0.05, 0.1) is 25.3 Å². The Balaban J connectivity index is 1.67. The molecule has 1 aliphatic rings. The fourth-order valence-electron chi connectivity index (χ4n) is 3.65. The standard InChI is InChI=1S/C19H21N3O3/c1-13-18(16-11-15(24-2)6-7-17(16)25-13)19(23)22-10-3-5-14(22)12-21-9-4-8-20-21/h4,6-9,11,14H,3,5,10,12H2,1-2H3. The number of aryl methyl sites for hydroxylation is 1. The van der Waals surface area contributed by atoms with Gasteiger partial charge in [0.25, 0.3) is 5.91 Å². The Hall–Kier alpha value is -2.76. The molecule has 130 valence electrons. The van der Waals surface area contributed by atoms with Crippen LogP contribution in [0.25, 0.3) is 11.0 Å². The number of methoxy groups -OCH3 is 1. The smallest absolute Gasteiger partial charge is 0.258 e. The number of likely N-dealkylation sites (tertiary alicyclic amines) is 1. The van der Waals surface area contributed by atoms with Crippen LogP contribution >= 0.6 is 0 Å². The summed E-state index contributed by atoms with van der Waals surface area (Å²) < 4.78 is 13.0. The van der Waals surface area contributed by atoms with Gasteiger partial charge in [0.15, 0.2) is 0 Å². The predicted octanol–water partition coefficient (Wildman–Crippen LogP) is 3.25. The molecule has 0 bridgehead atoms. The fourth-order valence-corrected chi connectivity index (χ4v) is 3.65. The Morgan fingerprint density at radius 3 is 3.08 bits per heavy atom. The summed E-state index contributed by atoms with van der Waals surface area (Å²) in [4.78, 5) is 15.2. The molecule has 1 atom stereocenters. The van der Waals surface area contributed by atoms with Crippen molar-refractivity contribution in [3.63, 3.8) is 0 Å². The number of hydrogen-bond donors (Lipinski definition) is 0. The van der Waals surface area contributed by atoms with Gasteiger partial charge in [-0.2, -0.15) is 5.10 Å². The van der Waals surface area contributed by atoms with E-state index in [9.17, 15) is 4.79 Å². The third kappa shape index (κ3) is 2.77. The number of benzene rings is 1.